The Morgan fingerprint density at radius 1 is 0.967 bits per heavy atom. The first kappa shape index (κ1) is 23.3. The third kappa shape index (κ3) is 6.59. The number of thiocarbonyl (C=S) groups is 1. The molecule has 1 unspecified atom stereocenters. The first-order chi connectivity index (χ1) is 14.2. The van der Waals surface area contributed by atoms with Gasteiger partial charge >= 0.3 is 0 Å². The number of halogens is 4. The van der Waals surface area contributed by atoms with Crippen LogP contribution in [0.1, 0.15) is 5.56 Å². The summed E-state index contributed by atoms with van der Waals surface area (Å²) in [7, 11) is 0. The average Bonchev–Trinajstić information content (AvgIpc) is 2.69. The van der Waals surface area contributed by atoms with Crippen molar-refractivity contribution in [3.05, 3.63) is 75.9 Å². The van der Waals surface area contributed by atoms with Gasteiger partial charge in [-0.2, -0.15) is 0 Å². The van der Waals surface area contributed by atoms with Gasteiger partial charge in [-0.15, -0.1) is 0 Å². The molecule has 156 valence electrons. The lowest BCUT2D eigenvalue weighted by Crippen LogP contribution is -2.56. The number of hydrogen-bond donors (Lipinski definition) is 3. The Balaban J connectivity index is 1.67. The zero-order valence-electron chi connectivity index (χ0n) is 15.5. The molecule has 9 heteroatoms. The van der Waals surface area contributed by atoms with Gasteiger partial charge in [-0.1, -0.05) is 77.3 Å². The van der Waals surface area contributed by atoms with Crippen molar-refractivity contribution in [3.8, 4) is 0 Å². The summed E-state index contributed by atoms with van der Waals surface area (Å²) < 4.78 is -0.719. The van der Waals surface area contributed by atoms with Crippen molar-refractivity contribution in [2.45, 2.75) is 16.4 Å². The molecule has 4 nitrogen and oxygen atoms in total. The van der Waals surface area contributed by atoms with Gasteiger partial charge in [0.05, 0.1) is 6.42 Å². The van der Waals surface area contributed by atoms with Gasteiger partial charge in [-0.25, -0.2) is 0 Å². The molecule has 3 aromatic carbocycles. The molecule has 0 bridgehead atoms. The molecule has 0 radical (unpaired) electrons. The van der Waals surface area contributed by atoms with Crippen molar-refractivity contribution in [1.82, 2.24) is 10.6 Å². The van der Waals surface area contributed by atoms with Gasteiger partial charge < -0.3 is 16.0 Å². The summed E-state index contributed by atoms with van der Waals surface area (Å²) in [6, 6.07) is 21.3. The number of fused-ring (bicyclic) bond motifs is 1. The zero-order valence-corrected chi connectivity index (χ0v) is 20.7. The first-order valence-corrected chi connectivity index (χ1v) is 11.5. The van der Waals surface area contributed by atoms with Crippen LogP contribution in [0.4, 0.5) is 5.69 Å². The van der Waals surface area contributed by atoms with Crippen molar-refractivity contribution in [1.29, 1.82) is 0 Å². The lowest BCUT2D eigenvalue weighted by Gasteiger charge is -2.28. The van der Waals surface area contributed by atoms with Crippen LogP contribution in [0.5, 0.6) is 0 Å². The molecule has 1 amide bonds. The number of benzene rings is 3. The smallest absolute Gasteiger partial charge is 0.228 e. The van der Waals surface area contributed by atoms with Crippen LogP contribution in [0.15, 0.2) is 66.7 Å². The molecule has 0 spiro atoms. The summed E-state index contributed by atoms with van der Waals surface area (Å²) in [6.07, 6.45) is -0.883. The van der Waals surface area contributed by atoms with E-state index in [-0.39, 0.29) is 17.4 Å². The molecule has 30 heavy (non-hydrogen) atoms. The molecule has 0 aliphatic rings. The van der Waals surface area contributed by atoms with E-state index in [2.05, 4.69) is 38.5 Å². The third-order valence-electron chi connectivity index (χ3n) is 4.24. The molecule has 0 aliphatic heterocycles. The van der Waals surface area contributed by atoms with Gasteiger partial charge in [0.25, 0.3) is 0 Å². The van der Waals surface area contributed by atoms with Crippen LogP contribution in [0.3, 0.4) is 0 Å². The standard InChI is InChI=1S/C21H17Cl3IN3OS/c22-21(23,24)19(28-20(30)26-16-10-8-15(25)9-11-16)27-18(29)12-14-6-3-5-13-4-1-2-7-17(13)14/h1-11,19H,12H2,(H,27,29)(H2,26,28,30). The number of rotatable bonds is 5. The summed E-state index contributed by atoms with van der Waals surface area (Å²) in [5.74, 6) is -0.299. The van der Waals surface area contributed by atoms with E-state index in [1.807, 2.05) is 66.7 Å². The second-order valence-electron chi connectivity index (χ2n) is 6.46. The van der Waals surface area contributed by atoms with Crippen LogP contribution >= 0.6 is 69.6 Å². The normalized spacial score (nSPS) is 12.3. The minimum absolute atomic E-state index is 0.137. The van der Waals surface area contributed by atoms with Gasteiger partial charge in [0, 0.05) is 9.26 Å². The van der Waals surface area contributed by atoms with Crippen molar-refractivity contribution in [3.63, 3.8) is 0 Å². The highest BCUT2D eigenvalue weighted by Gasteiger charge is 2.34. The number of anilines is 1. The minimum atomic E-state index is -1.81. The Morgan fingerprint density at radius 2 is 1.63 bits per heavy atom. The monoisotopic (exact) mass is 591 g/mol. The number of amides is 1. The van der Waals surface area contributed by atoms with Gasteiger partial charge in [0.1, 0.15) is 6.17 Å². The number of alkyl halides is 3. The molecule has 0 heterocycles. The zero-order chi connectivity index (χ0) is 21.7. The number of carbonyl (C=O) groups excluding carboxylic acids is 1. The fraction of sp³-hybridized carbons (Fsp3) is 0.143. The van der Waals surface area contributed by atoms with Crippen LogP contribution < -0.4 is 16.0 Å². The second kappa shape index (κ2) is 10.3. The second-order valence-corrected chi connectivity index (χ2v) is 10.5. The van der Waals surface area contributed by atoms with E-state index in [1.54, 1.807) is 0 Å². The van der Waals surface area contributed by atoms with E-state index >= 15 is 0 Å². The van der Waals surface area contributed by atoms with Crippen molar-refractivity contribution in [2.24, 2.45) is 0 Å². The molecule has 3 N–H and O–H groups in total. The van der Waals surface area contributed by atoms with Gasteiger partial charge in [0.2, 0.25) is 9.70 Å². The summed E-state index contributed by atoms with van der Waals surface area (Å²) >= 11 is 25.7. The fourth-order valence-electron chi connectivity index (χ4n) is 2.86. The summed E-state index contributed by atoms with van der Waals surface area (Å²) in [6.45, 7) is 0. The highest BCUT2D eigenvalue weighted by Crippen LogP contribution is 2.29. The molecule has 0 aromatic heterocycles. The maximum atomic E-state index is 12.7. The van der Waals surface area contributed by atoms with Gasteiger partial charge in [-0.05, 0) is 75.4 Å². The molecular weight excluding hydrogens is 576 g/mol. The highest BCUT2D eigenvalue weighted by atomic mass is 127. The maximum Gasteiger partial charge on any atom is 0.228 e. The van der Waals surface area contributed by atoms with Crippen LogP contribution in [-0.4, -0.2) is 21.0 Å². The summed E-state index contributed by atoms with van der Waals surface area (Å²) in [5.41, 5.74) is 1.66. The lowest BCUT2D eigenvalue weighted by molar-refractivity contribution is -0.121. The average molecular weight is 593 g/mol. The Bertz CT molecular complexity index is 1050. The number of carbonyl (C=O) groups is 1. The summed E-state index contributed by atoms with van der Waals surface area (Å²) in [4.78, 5) is 12.7. The Hall–Kier alpha value is -1.32. The van der Waals surface area contributed by atoms with E-state index in [4.69, 9.17) is 47.0 Å². The molecule has 3 rings (SSSR count). The maximum absolute atomic E-state index is 12.7. The Kier molecular flexibility index (Phi) is 8.04. The van der Waals surface area contributed by atoms with E-state index in [9.17, 15) is 4.79 Å². The van der Waals surface area contributed by atoms with Gasteiger partial charge in [-0.3, -0.25) is 4.79 Å². The SMILES string of the molecule is O=C(Cc1cccc2ccccc12)NC(NC(=S)Nc1ccc(I)cc1)C(Cl)(Cl)Cl. The third-order valence-corrected chi connectivity index (χ3v) is 5.83. The number of nitrogens with one attached hydrogen (secondary N) is 3. The van der Waals surface area contributed by atoms with Gasteiger partial charge in [0.15, 0.2) is 5.11 Å². The molecular formula is C21H17Cl3IN3OS. The van der Waals surface area contributed by atoms with Crippen LogP contribution in [0.25, 0.3) is 10.8 Å². The molecule has 3 aromatic rings. The van der Waals surface area contributed by atoms with E-state index < -0.39 is 9.96 Å². The Labute approximate surface area is 208 Å². The van der Waals surface area contributed by atoms with Crippen molar-refractivity contribution < 1.29 is 4.79 Å². The van der Waals surface area contributed by atoms with Crippen LogP contribution in [0, 0.1) is 3.57 Å². The van der Waals surface area contributed by atoms with E-state index in [0.717, 1.165) is 25.6 Å². The molecule has 0 aliphatic carbocycles. The predicted octanol–water partition coefficient (Wildman–Crippen LogP) is 5.79. The van der Waals surface area contributed by atoms with Crippen molar-refractivity contribution >= 4 is 97.1 Å². The van der Waals surface area contributed by atoms with E-state index in [0.29, 0.717) is 0 Å². The van der Waals surface area contributed by atoms with Crippen LogP contribution in [0.2, 0.25) is 0 Å². The minimum Gasteiger partial charge on any atom is -0.339 e. The van der Waals surface area contributed by atoms with Crippen molar-refractivity contribution in [2.75, 3.05) is 5.32 Å². The first-order valence-electron chi connectivity index (χ1n) is 8.88. The summed E-state index contributed by atoms with van der Waals surface area (Å²) in [5, 5.41) is 10.9. The molecule has 1 atom stereocenters. The van der Waals surface area contributed by atoms with Crippen LogP contribution in [-0.2, 0) is 11.2 Å². The number of hydrogen-bond acceptors (Lipinski definition) is 2. The molecule has 0 saturated carbocycles. The predicted molar refractivity (Wildman–Crippen MR) is 138 cm³/mol. The molecule has 0 saturated heterocycles. The lowest BCUT2D eigenvalue weighted by atomic mass is 10.0. The largest absolute Gasteiger partial charge is 0.339 e. The quantitative estimate of drug-likeness (QED) is 0.152. The Morgan fingerprint density at radius 3 is 2.33 bits per heavy atom. The highest BCUT2D eigenvalue weighted by molar-refractivity contribution is 14.1. The van der Waals surface area contributed by atoms with E-state index in [1.165, 1.54) is 0 Å². The fourth-order valence-corrected chi connectivity index (χ4v) is 3.79. The topological polar surface area (TPSA) is 53.2 Å². The molecule has 0 fully saturated rings.